The number of amides is 1. The van der Waals surface area contributed by atoms with Gasteiger partial charge in [-0.3, -0.25) is 15.0 Å². The average Bonchev–Trinajstić information content (AvgIpc) is 2.39. The molecule has 0 aliphatic rings. The van der Waals surface area contributed by atoms with E-state index in [1.165, 1.54) is 24.3 Å². The van der Waals surface area contributed by atoms with Crippen molar-refractivity contribution in [2.75, 3.05) is 0 Å². The van der Waals surface area contributed by atoms with Gasteiger partial charge in [-0.15, -0.1) is 0 Å². The van der Waals surface area contributed by atoms with Crippen LogP contribution >= 0.6 is 0 Å². The number of carbonyl (C=O) groups is 2. The van der Waals surface area contributed by atoms with Gasteiger partial charge >= 0.3 is 5.97 Å². The summed E-state index contributed by atoms with van der Waals surface area (Å²) in [5, 5.41) is 8.96. The molecule has 0 radical (unpaired) electrons. The molecule has 0 spiro atoms. The van der Waals surface area contributed by atoms with Crippen LogP contribution in [0.5, 0.6) is 0 Å². The molecule has 0 bridgehead atoms. The van der Waals surface area contributed by atoms with Crippen molar-refractivity contribution < 1.29 is 19.1 Å². The number of carboxylic acid groups (broad SMARTS) is 1. The highest BCUT2D eigenvalue weighted by Crippen LogP contribution is 2.03. The number of carbonyl (C=O) groups excluding carboxylic acids is 1. The fourth-order valence-corrected chi connectivity index (χ4v) is 1.49. The monoisotopic (exact) mass is 268 g/mol. The van der Waals surface area contributed by atoms with Gasteiger partial charge in [-0.05, 0) is 30.7 Å². The van der Waals surface area contributed by atoms with Crippen LogP contribution in [0.2, 0.25) is 0 Å². The summed E-state index contributed by atoms with van der Waals surface area (Å²) in [6.45, 7) is 1.95. The zero-order valence-corrected chi connectivity index (χ0v) is 10.6. The van der Waals surface area contributed by atoms with Gasteiger partial charge in [-0.2, -0.15) is 0 Å². The highest BCUT2D eigenvalue weighted by molar-refractivity contribution is 5.94. The van der Waals surface area contributed by atoms with Gasteiger partial charge in [0.25, 0.3) is 5.91 Å². The zero-order chi connectivity index (χ0) is 14.3. The van der Waals surface area contributed by atoms with E-state index in [0.29, 0.717) is 6.42 Å². The summed E-state index contributed by atoms with van der Waals surface area (Å²) in [7, 11) is 0. The summed E-state index contributed by atoms with van der Waals surface area (Å²) < 4.78 is 12.7. The molecule has 0 heterocycles. The van der Waals surface area contributed by atoms with E-state index < -0.39 is 23.7 Å². The summed E-state index contributed by atoms with van der Waals surface area (Å²) in [6, 6.07) is 4.16. The second-order valence-corrected chi connectivity index (χ2v) is 4.14. The van der Waals surface area contributed by atoms with Crippen molar-refractivity contribution >= 4 is 11.9 Å². The normalized spacial score (nSPS) is 11.9. The number of halogens is 1. The zero-order valence-electron chi connectivity index (χ0n) is 10.6. The predicted molar refractivity (Wildman–Crippen MR) is 68.0 cm³/mol. The van der Waals surface area contributed by atoms with Crippen LogP contribution in [0.15, 0.2) is 24.3 Å². The molecule has 0 aromatic heterocycles. The molecule has 19 heavy (non-hydrogen) atoms. The fourth-order valence-electron chi connectivity index (χ4n) is 1.49. The summed E-state index contributed by atoms with van der Waals surface area (Å²) in [4.78, 5) is 22.6. The number of nitrogens with one attached hydrogen (secondary N) is 2. The van der Waals surface area contributed by atoms with Gasteiger partial charge in [0.05, 0.1) is 0 Å². The lowest BCUT2D eigenvalue weighted by atomic mass is 10.1. The smallest absolute Gasteiger partial charge is 0.322 e. The largest absolute Gasteiger partial charge is 0.480 e. The van der Waals surface area contributed by atoms with Gasteiger partial charge in [0.1, 0.15) is 11.9 Å². The molecule has 1 atom stereocenters. The Labute approximate surface area is 110 Å². The second-order valence-electron chi connectivity index (χ2n) is 4.14. The van der Waals surface area contributed by atoms with Crippen LogP contribution in [0.25, 0.3) is 0 Å². The van der Waals surface area contributed by atoms with E-state index in [9.17, 15) is 14.0 Å². The molecule has 0 saturated carbocycles. The number of hydrogen-bond acceptors (Lipinski definition) is 3. The first-order valence-corrected chi connectivity index (χ1v) is 6.08. The lowest BCUT2D eigenvalue weighted by molar-refractivity contribution is -0.139. The van der Waals surface area contributed by atoms with Gasteiger partial charge in [-0.25, -0.2) is 9.82 Å². The molecule has 5 nitrogen and oxygen atoms in total. The molecule has 0 fully saturated rings. The van der Waals surface area contributed by atoms with Crippen molar-refractivity contribution in [3.8, 4) is 0 Å². The summed E-state index contributed by atoms with van der Waals surface area (Å²) in [6.07, 6.45) is 2.04. The number of carboxylic acids is 1. The molecule has 3 N–H and O–H groups in total. The molecule has 104 valence electrons. The van der Waals surface area contributed by atoms with Gasteiger partial charge in [0, 0.05) is 5.56 Å². The maximum Gasteiger partial charge on any atom is 0.322 e. The first-order valence-electron chi connectivity index (χ1n) is 6.08. The van der Waals surface area contributed by atoms with Crippen molar-refractivity contribution in [3.63, 3.8) is 0 Å². The Kier molecular flexibility index (Phi) is 5.95. The SMILES string of the molecule is CCCCC(NNC(=O)c1ccc(F)cc1)C(=O)O. The van der Waals surface area contributed by atoms with E-state index in [1.807, 2.05) is 6.92 Å². The minimum atomic E-state index is -1.02. The van der Waals surface area contributed by atoms with Gasteiger partial charge in [-0.1, -0.05) is 19.8 Å². The molecule has 0 aliphatic heterocycles. The Balaban J connectivity index is 2.51. The first kappa shape index (κ1) is 15.1. The van der Waals surface area contributed by atoms with Crippen molar-refractivity contribution in [2.24, 2.45) is 0 Å². The van der Waals surface area contributed by atoms with E-state index in [-0.39, 0.29) is 5.56 Å². The number of benzene rings is 1. The highest BCUT2D eigenvalue weighted by Gasteiger charge is 2.17. The topological polar surface area (TPSA) is 78.4 Å². The van der Waals surface area contributed by atoms with Crippen LogP contribution in [0.1, 0.15) is 36.5 Å². The van der Waals surface area contributed by atoms with E-state index in [2.05, 4.69) is 10.9 Å². The number of hydrogen-bond donors (Lipinski definition) is 3. The fraction of sp³-hybridized carbons (Fsp3) is 0.385. The van der Waals surface area contributed by atoms with Crippen LogP contribution < -0.4 is 10.9 Å². The van der Waals surface area contributed by atoms with Crippen molar-refractivity contribution in [2.45, 2.75) is 32.2 Å². The number of hydrazine groups is 1. The van der Waals surface area contributed by atoms with Gasteiger partial charge in [0.2, 0.25) is 0 Å². The Morgan fingerprint density at radius 2 is 1.95 bits per heavy atom. The first-order chi connectivity index (χ1) is 9.04. The third-order valence-corrected chi connectivity index (χ3v) is 2.61. The highest BCUT2D eigenvalue weighted by atomic mass is 19.1. The molecule has 0 aliphatic carbocycles. The molecular weight excluding hydrogens is 251 g/mol. The average molecular weight is 268 g/mol. The van der Waals surface area contributed by atoms with Crippen LogP contribution in [0.4, 0.5) is 4.39 Å². The van der Waals surface area contributed by atoms with Crippen LogP contribution in [-0.2, 0) is 4.79 Å². The second kappa shape index (κ2) is 7.48. The Morgan fingerprint density at radius 1 is 1.32 bits per heavy atom. The summed E-state index contributed by atoms with van der Waals surface area (Å²) in [5.74, 6) is -1.95. The summed E-state index contributed by atoms with van der Waals surface area (Å²) in [5.41, 5.74) is 5.05. The number of unbranched alkanes of at least 4 members (excludes halogenated alkanes) is 1. The maximum atomic E-state index is 12.7. The van der Waals surface area contributed by atoms with E-state index in [1.54, 1.807) is 0 Å². The minimum Gasteiger partial charge on any atom is -0.480 e. The minimum absolute atomic E-state index is 0.258. The standard InChI is InChI=1S/C13H17FN2O3/c1-2-3-4-11(13(18)19)15-16-12(17)9-5-7-10(14)8-6-9/h5-8,11,15H,2-4H2,1H3,(H,16,17)(H,18,19). The molecule has 1 aromatic rings. The third kappa shape index (κ3) is 5.05. The van der Waals surface area contributed by atoms with E-state index in [4.69, 9.17) is 5.11 Å². The molecule has 6 heteroatoms. The quantitative estimate of drug-likeness (QED) is 0.658. The summed E-state index contributed by atoms with van der Waals surface area (Å²) >= 11 is 0. The third-order valence-electron chi connectivity index (χ3n) is 2.61. The molecule has 1 aromatic carbocycles. The van der Waals surface area contributed by atoms with E-state index >= 15 is 0 Å². The molecular formula is C13H17FN2O3. The Morgan fingerprint density at radius 3 is 2.47 bits per heavy atom. The molecule has 0 saturated heterocycles. The molecule has 1 amide bonds. The van der Waals surface area contributed by atoms with Crippen molar-refractivity contribution in [1.82, 2.24) is 10.9 Å². The van der Waals surface area contributed by atoms with E-state index in [0.717, 1.165) is 12.8 Å². The Hall–Kier alpha value is -1.95. The molecule has 1 rings (SSSR count). The van der Waals surface area contributed by atoms with Crippen LogP contribution in [0.3, 0.4) is 0 Å². The van der Waals surface area contributed by atoms with Crippen LogP contribution in [-0.4, -0.2) is 23.0 Å². The lowest BCUT2D eigenvalue weighted by Crippen LogP contribution is -2.48. The van der Waals surface area contributed by atoms with Gasteiger partial charge in [0.15, 0.2) is 0 Å². The van der Waals surface area contributed by atoms with Crippen molar-refractivity contribution in [1.29, 1.82) is 0 Å². The van der Waals surface area contributed by atoms with Crippen LogP contribution in [0, 0.1) is 5.82 Å². The lowest BCUT2D eigenvalue weighted by Gasteiger charge is -2.14. The molecule has 1 unspecified atom stereocenters. The van der Waals surface area contributed by atoms with Gasteiger partial charge < -0.3 is 5.11 Å². The van der Waals surface area contributed by atoms with Crippen molar-refractivity contribution in [3.05, 3.63) is 35.6 Å². The maximum absolute atomic E-state index is 12.7. The Bertz CT molecular complexity index is 434. The predicted octanol–water partition coefficient (Wildman–Crippen LogP) is 1.70. The number of rotatable bonds is 7. The number of aliphatic carboxylic acids is 1.